The van der Waals surface area contributed by atoms with Crippen LogP contribution in [0.1, 0.15) is 0 Å². The standard InChI is InChI=1S/C15H10N6O2S/c16-11-5-1-9(2-6-11)13-17-18-15-20(13)19-14(24-15)10-3-7-12(8-4-10)21(22)23/h1-8H,16H2. The molecule has 4 aromatic rings. The lowest BCUT2D eigenvalue weighted by atomic mass is 10.2. The first kappa shape index (κ1) is 14.3. The number of anilines is 1. The van der Waals surface area contributed by atoms with E-state index in [1.807, 2.05) is 12.1 Å². The lowest BCUT2D eigenvalue weighted by Gasteiger charge is -1.98. The van der Waals surface area contributed by atoms with Crippen molar-refractivity contribution >= 4 is 27.7 Å². The number of nitrogens with zero attached hydrogens (tertiary/aromatic N) is 5. The van der Waals surface area contributed by atoms with E-state index in [2.05, 4.69) is 15.3 Å². The van der Waals surface area contributed by atoms with Crippen molar-refractivity contribution in [1.29, 1.82) is 0 Å². The molecule has 0 fully saturated rings. The Morgan fingerprint density at radius 3 is 2.33 bits per heavy atom. The summed E-state index contributed by atoms with van der Waals surface area (Å²) >= 11 is 1.37. The number of hydrogen-bond donors (Lipinski definition) is 1. The van der Waals surface area contributed by atoms with Gasteiger partial charge in [0.15, 0.2) is 5.82 Å². The Hall–Kier alpha value is -3.33. The third-order valence-electron chi connectivity index (χ3n) is 3.48. The number of nitrogens with two attached hydrogens (primary N) is 1. The molecule has 118 valence electrons. The molecule has 2 aromatic carbocycles. The van der Waals surface area contributed by atoms with Gasteiger partial charge in [0.1, 0.15) is 5.01 Å². The lowest BCUT2D eigenvalue weighted by molar-refractivity contribution is -0.384. The topological polar surface area (TPSA) is 112 Å². The number of nitro groups is 1. The van der Waals surface area contributed by atoms with Crippen LogP contribution in [0.15, 0.2) is 48.5 Å². The number of nitrogen functional groups attached to an aromatic ring is 1. The maximum absolute atomic E-state index is 10.7. The van der Waals surface area contributed by atoms with E-state index in [0.29, 0.717) is 21.5 Å². The fourth-order valence-corrected chi connectivity index (χ4v) is 3.12. The van der Waals surface area contributed by atoms with E-state index < -0.39 is 4.92 Å². The van der Waals surface area contributed by atoms with Crippen molar-refractivity contribution in [2.24, 2.45) is 0 Å². The smallest absolute Gasteiger partial charge is 0.269 e. The fourth-order valence-electron chi connectivity index (χ4n) is 2.27. The lowest BCUT2D eigenvalue weighted by Crippen LogP contribution is -1.92. The molecule has 0 aliphatic rings. The summed E-state index contributed by atoms with van der Waals surface area (Å²) in [5, 5.41) is 24.3. The Kier molecular flexibility index (Phi) is 3.21. The van der Waals surface area contributed by atoms with E-state index in [-0.39, 0.29) is 5.69 Å². The molecule has 9 heteroatoms. The summed E-state index contributed by atoms with van der Waals surface area (Å²) in [6.07, 6.45) is 0. The molecule has 0 spiro atoms. The second-order valence-electron chi connectivity index (χ2n) is 5.05. The van der Waals surface area contributed by atoms with Crippen LogP contribution in [0.5, 0.6) is 0 Å². The van der Waals surface area contributed by atoms with Gasteiger partial charge in [0.05, 0.1) is 4.92 Å². The fraction of sp³-hybridized carbons (Fsp3) is 0. The normalized spacial score (nSPS) is 11.0. The molecular weight excluding hydrogens is 328 g/mol. The van der Waals surface area contributed by atoms with Crippen LogP contribution in [0, 0.1) is 10.1 Å². The monoisotopic (exact) mass is 338 g/mol. The van der Waals surface area contributed by atoms with E-state index in [9.17, 15) is 10.1 Å². The van der Waals surface area contributed by atoms with Crippen LogP contribution in [0.25, 0.3) is 26.9 Å². The summed E-state index contributed by atoms with van der Waals surface area (Å²) < 4.78 is 1.66. The molecule has 0 saturated heterocycles. The van der Waals surface area contributed by atoms with Gasteiger partial charge in [-0.2, -0.15) is 9.61 Å². The first-order chi connectivity index (χ1) is 11.6. The second-order valence-corrected chi connectivity index (χ2v) is 6.01. The van der Waals surface area contributed by atoms with Gasteiger partial charge >= 0.3 is 0 Å². The predicted octanol–water partition coefficient (Wildman–Crippen LogP) is 3.01. The zero-order valence-electron chi connectivity index (χ0n) is 12.2. The predicted molar refractivity (Wildman–Crippen MR) is 90.6 cm³/mol. The molecule has 0 radical (unpaired) electrons. The summed E-state index contributed by atoms with van der Waals surface area (Å²) in [5.74, 6) is 0.620. The van der Waals surface area contributed by atoms with Gasteiger partial charge in [0.25, 0.3) is 5.69 Å². The first-order valence-corrected chi connectivity index (χ1v) is 7.76. The minimum absolute atomic E-state index is 0.0457. The number of rotatable bonds is 3. The maximum Gasteiger partial charge on any atom is 0.269 e. The largest absolute Gasteiger partial charge is 0.399 e. The maximum atomic E-state index is 10.7. The molecule has 2 heterocycles. The Bertz CT molecular complexity index is 1040. The second kappa shape index (κ2) is 5.39. The van der Waals surface area contributed by atoms with Crippen LogP contribution in [-0.4, -0.2) is 24.7 Å². The van der Waals surface area contributed by atoms with Crippen molar-refractivity contribution in [3.63, 3.8) is 0 Å². The van der Waals surface area contributed by atoms with Gasteiger partial charge in [-0.25, -0.2) is 0 Å². The molecule has 0 atom stereocenters. The molecule has 4 rings (SSSR count). The molecule has 0 amide bonds. The van der Waals surface area contributed by atoms with E-state index >= 15 is 0 Å². The van der Waals surface area contributed by atoms with Crippen LogP contribution in [-0.2, 0) is 0 Å². The van der Waals surface area contributed by atoms with E-state index in [1.165, 1.54) is 23.5 Å². The quantitative estimate of drug-likeness (QED) is 0.349. The Labute approximate surface area is 139 Å². The van der Waals surface area contributed by atoms with Gasteiger partial charge in [-0.3, -0.25) is 10.1 Å². The molecule has 0 aliphatic heterocycles. The molecule has 24 heavy (non-hydrogen) atoms. The minimum atomic E-state index is -0.429. The van der Waals surface area contributed by atoms with E-state index in [4.69, 9.17) is 5.73 Å². The average Bonchev–Trinajstić information content (AvgIpc) is 3.16. The average molecular weight is 338 g/mol. The highest BCUT2D eigenvalue weighted by Gasteiger charge is 2.15. The highest BCUT2D eigenvalue weighted by atomic mass is 32.1. The highest BCUT2D eigenvalue weighted by Crippen LogP contribution is 2.29. The third-order valence-corrected chi connectivity index (χ3v) is 4.43. The van der Waals surface area contributed by atoms with Crippen molar-refractivity contribution in [2.45, 2.75) is 0 Å². The zero-order chi connectivity index (χ0) is 16.7. The van der Waals surface area contributed by atoms with Crippen LogP contribution in [0.4, 0.5) is 11.4 Å². The molecule has 8 nitrogen and oxygen atoms in total. The van der Waals surface area contributed by atoms with Gasteiger partial charge in [-0.1, -0.05) is 11.3 Å². The Morgan fingerprint density at radius 2 is 1.67 bits per heavy atom. The van der Waals surface area contributed by atoms with Gasteiger partial charge in [-0.15, -0.1) is 10.2 Å². The van der Waals surface area contributed by atoms with Crippen molar-refractivity contribution in [1.82, 2.24) is 19.8 Å². The number of non-ortho nitro benzene ring substituents is 1. The van der Waals surface area contributed by atoms with Crippen LogP contribution in [0.3, 0.4) is 0 Å². The highest BCUT2D eigenvalue weighted by molar-refractivity contribution is 7.19. The molecular formula is C15H10N6O2S. The summed E-state index contributed by atoms with van der Waals surface area (Å²) in [4.78, 5) is 11.0. The van der Waals surface area contributed by atoms with Crippen LogP contribution < -0.4 is 5.73 Å². The molecule has 0 aliphatic carbocycles. The summed E-state index contributed by atoms with van der Waals surface area (Å²) in [7, 11) is 0. The number of fused-ring (bicyclic) bond motifs is 1. The van der Waals surface area contributed by atoms with Crippen LogP contribution in [0.2, 0.25) is 0 Å². The van der Waals surface area contributed by atoms with Gasteiger partial charge in [0, 0.05) is 28.9 Å². The minimum Gasteiger partial charge on any atom is -0.399 e. The van der Waals surface area contributed by atoms with E-state index in [1.54, 1.807) is 28.8 Å². The SMILES string of the molecule is Nc1ccc(-c2nnc3sc(-c4ccc([N+](=O)[O-])cc4)nn23)cc1. The number of aromatic nitrogens is 4. The van der Waals surface area contributed by atoms with Gasteiger partial charge in [0.2, 0.25) is 4.96 Å². The molecule has 0 bridgehead atoms. The summed E-state index contributed by atoms with van der Waals surface area (Å²) in [6.45, 7) is 0. The van der Waals surface area contributed by atoms with Crippen molar-refractivity contribution in [3.05, 3.63) is 58.6 Å². The number of nitro benzene ring substituents is 1. The summed E-state index contributed by atoms with van der Waals surface area (Å²) in [5.41, 5.74) is 8.07. The Morgan fingerprint density at radius 1 is 1.00 bits per heavy atom. The number of hydrogen-bond acceptors (Lipinski definition) is 7. The van der Waals surface area contributed by atoms with Crippen LogP contribution >= 0.6 is 11.3 Å². The van der Waals surface area contributed by atoms with Gasteiger partial charge < -0.3 is 5.73 Å². The molecule has 0 unspecified atom stereocenters. The first-order valence-electron chi connectivity index (χ1n) is 6.95. The third kappa shape index (κ3) is 2.36. The van der Waals surface area contributed by atoms with Crippen molar-refractivity contribution in [3.8, 4) is 22.0 Å². The zero-order valence-corrected chi connectivity index (χ0v) is 13.0. The summed E-state index contributed by atoms with van der Waals surface area (Å²) in [6, 6.07) is 13.6. The van der Waals surface area contributed by atoms with Crippen molar-refractivity contribution < 1.29 is 4.92 Å². The van der Waals surface area contributed by atoms with Crippen molar-refractivity contribution in [2.75, 3.05) is 5.73 Å². The van der Waals surface area contributed by atoms with Gasteiger partial charge in [-0.05, 0) is 36.4 Å². The number of benzene rings is 2. The molecule has 2 aromatic heterocycles. The Balaban J connectivity index is 1.76. The molecule has 2 N–H and O–H groups in total. The van der Waals surface area contributed by atoms with E-state index in [0.717, 1.165) is 11.1 Å². The molecule has 0 saturated carbocycles.